The topological polar surface area (TPSA) is 120 Å². The van der Waals surface area contributed by atoms with E-state index in [9.17, 15) is 14.4 Å². The number of fused-ring (bicyclic) bond motifs is 1. The number of benzene rings is 1. The van der Waals surface area contributed by atoms with Gasteiger partial charge in [-0.25, -0.2) is 4.98 Å². The maximum atomic E-state index is 12.5. The lowest BCUT2D eigenvalue weighted by molar-refractivity contribution is -0.122. The summed E-state index contributed by atoms with van der Waals surface area (Å²) in [6.07, 6.45) is 2.88. The molecule has 2 heterocycles. The third kappa shape index (κ3) is 4.37. The number of amides is 2. The fourth-order valence-electron chi connectivity index (χ4n) is 2.71. The molecule has 1 aromatic carbocycles. The maximum Gasteiger partial charge on any atom is 0.273 e. The van der Waals surface area contributed by atoms with Crippen molar-refractivity contribution in [2.75, 3.05) is 0 Å². The van der Waals surface area contributed by atoms with Crippen molar-refractivity contribution in [1.29, 1.82) is 0 Å². The summed E-state index contributed by atoms with van der Waals surface area (Å²) < 4.78 is 5.27. The number of hydrogen-bond acceptors (Lipinski definition) is 6. The molecule has 3 aromatic rings. The van der Waals surface area contributed by atoms with E-state index in [0.29, 0.717) is 0 Å². The monoisotopic (exact) mass is 385 g/mol. The van der Waals surface area contributed by atoms with Crippen LogP contribution >= 0.6 is 11.5 Å². The lowest BCUT2D eigenvalue weighted by Gasteiger charge is -2.14. The van der Waals surface area contributed by atoms with E-state index < -0.39 is 11.5 Å². The minimum Gasteiger partial charge on any atom is -0.364 e. The zero-order valence-corrected chi connectivity index (χ0v) is 15.5. The molecule has 0 saturated carbocycles. The van der Waals surface area contributed by atoms with Crippen LogP contribution in [0.1, 0.15) is 29.4 Å². The molecular formula is C18H19N5O3S. The highest BCUT2D eigenvalue weighted by Gasteiger charge is 2.17. The number of nitrogens with two attached hydrogens (primary N) is 1. The van der Waals surface area contributed by atoms with Gasteiger partial charge in [-0.05, 0) is 36.9 Å². The number of aromatic nitrogens is 3. The van der Waals surface area contributed by atoms with Gasteiger partial charge in [0.15, 0.2) is 5.69 Å². The van der Waals surface area contributed by atoms with Crippen LogP contribution < -0.4 is 16.6 Å². The highest BCUT2D eigenvalue weighted by molar-refractivity contribution is 7.13. The fraction of sp³-hybridized carbons (Fsp3) is 0.278. The lowest BCUT2D eigenvalue weighted by atomic mass is 10.1. The first-order valence-corrected chi connectivity index (χ1v) is 9.21. The number of carbonyl (C=O) groups excluding carboxylic acids is 2. The van der Waals surface area contributed by atoms with Crippen molar-refractivity contribution >= 4 is 33.6 Å². The number of nitrogens with zero attached hydrogens (tertiary/aromatic N) is 3. The summed E-state index contributed by atoms with van der Waals surface area (Å²) in [7, 11) is 0. The normalized spacial score (nSPS) is 12.0. The van der Waals surface area contributed by atoms with Crippen molar-refractivity contribution < 1.29 is 9.59 Å². The van der Waals surface area contributed by atoms with E-state index in [4.69, 9.17) is 5.73 Å². The Bertz CT molecular complexity index is 1030. The number of primary amides is 1. The van der Waals surface area contributed by atoms with Crippen LogP contribution in [-0.4, -0.2) is 31.8 Å². The highest BCUT2D eigenvalue weighted by Crippen LogP contribution is 2.15. The zero-order valence-electron chi connectivity index (χ0n) is 14.7. The Balaban J connectivity index is 1.63. The van der Waals surface area contributed by atoms with Crippen molar-refractivity contribution in [1.82, 2.24) is 19.2 Å². The summed E-state index contributed by atoms with van der Waals surface area (Å²) in [6, 6.07) is 9.99. The molecule has 27 heavy (non-hydrogen) atoms. The largest absolute Gasteiger partial charge is 0.364 e. The fourth-order valence-corrected chi connectivity index (χ4v) is 3.50. The van der Waals surface area contributed by atoms with Crippen molar-refractivity contribution in [2.45, 2.75) is 32.4 Å². The Hall–Kier alpha value is -3.07. The van der Waals surface area contributed by atoms with Gasteiger partial charge >= 0.3 is 0 Å². The Morgan fingerprint density at radius 2 is 2.04 bits per heavy atom. The van der Waals surface area contributed by atoms with E-state index in [-0.39, 0.29) is 34.4 Å². The van der Waals surface area contributed by atoms with Crippen LogP contribution in [0.2, 0.25) is 0 Å². The van der Waals surface area contributed by atoms with Crippen LogP contribution in [0.15, 0.2) is 41.5 Å². The molecule has 1 unspecified atom stereocenters. The number of nitrogens with one attached hydrogen (secondary N) is 1. The van der Waals surface area contributed by atoms with Gasteiger partial charge in [-0.15, -0.1) is 0 Å². The van der Waals surface area contributed by atoms with Gasteiger partial charge in [-0.2, -0.15) is 4.37 Å². The van der Waals surface area contributed by atoms with Crippen LogP contribution in [0.5, 0.6) is 0 Å². The first-order valence-electron chi connectivity index (χ1n) is 8.43. The van der Waals surface area contributed by atoms with Gasteiger partial charge in [-0.1, -0.05) is 30.3 Å². The molecule has 0 radical (unpaired) electrons. The van der Waals surface area contributed by atoms with Gasteiger partial charge in [0.25, 0.3) is 11.5 Å². The molecule has 0 aliphatic heterocycles. The van der Waals surface area contributed by atoms with Gasteiger partial charge in [0, 0.05) is 6.04 Å². The number of aryl methyl sites for hydroxylation is 1. The van der Waals surface area contributed by atoms with E-state index in [1.165, 1.54) is 16.5 Å². The smallest absolute Gasteiger partial charge is 0.273 e. The van der Waals surface area contributed by atoms with E-state index >= 15 is 0 Å². The Labute approximate surface area is 159 Å². The average Bonchev–Trinajstić information content (AvgIpc) is 3.08. The predicted octanol–water partition coefficient (Wildman–Crippen LogP) is 1.09. The molecule has 0 fully saturated rings. The van der Waals surface area contributed by atoms with Crippen LogP contribution in [0, 0.1) is 0 Å². The van der Waals surface area contributed by atoms with Crippen molar-refractivity contribution in [3.8, 4) is 0 Å². The molecule has 1 atom stereocenters. The molecule has 2 aromatic heterocycles. The molecule has 140 valence electrons. The molecule has 3 N–H and O–H groups in total. The summed E-state index contributed by atoms with van der Waals surface area (Å²) in [5, 5.41) is 2.88. The van der Waals surface area contributed by atoms with Gasteiger partial charge in [-0.3, -0.25) is 19.0 Å². The van der Waals surface area contributed by atoms with Crippen molar-refractivity contribution in [3.05, 3.63) is 58.3 Å². The van der Waals surface area contributed by atoms with Crippen LogP contribution in [0.25, 0.3) is 10.2 Å². The SMILES string of the molecule is CC(CCc1ccccc1)NC(=O)Cn1cnc2c(C(N)=O)nsc2c1=O. The Morgan fingerprint density at radius 1 is 1.30 bits per heavy atom. The molecule has 8 nitrogen and oxygen atoms in total. The van der Waals surface area contributed by atoms with Crippen LogP contribution in [-0.2, 0) is 17.8 Å². The summed E-state index contributed by atoms with van der Waals surface area (Å²) in [6.45, 7) is 1.77. The lowest BCUT2D eigenvalue weighted by Crippen LogP contribution is -2.37. The molecule has 9 heteroatoms. The summed E-state index contributed by atoms with van der Waals surface area (Å²) in [5.74, 6) is -1.02. The number of carbonyl (C=O) groups is 2. The molecule has 0 spiro atoms. The summed E-state index contributed by atoms with van der Waals surface area (Å²) >= 11 is 0.851. The maximum absolute atomic E-state index is 12.5. The molecular weight excluding hydrogens is 366 g/mol. The van der Waals surface area contributed by atoms with Crippen molar-refractivity contribution in [3.63, 3.8) is 0 Å². The summed E-state index contributed by atoms with van der Waals surface area (Å²) in [4.78, 5) is 40.1. The second-order valence-corrected chi connectivity index (χ2v) is 7.02. The van der Waals surface area contributed by atoms with E-state index in [1.54, 1.807) is 0 Å². The Morgan fingerprint density at radius 3 is 2.74 bits per heavy atom. The molecule has 3 rings (SSSR count). The molecule has 0 saturated heterocycles. The van der Waals surface area contributed by atoms with Gasteiger partial charge in [0.1, 0.15) is 16.8 Å². The van der Waals surface area contributed by atoms with Crippen LogP contribution in [0.4, 0.5) is 0 Å². The highest BCUT2D eigenvalue weighted by atomic mass is 32.1. The molecule has 2 amide bonds. The third-order valence-electron chi connectivity index (χ3n) is 4.11. The summed E-state index contributed by atoms with van der Waals surface area (Å²) in [5.41, 5.74) is 6.14. The van der Waals surface area contributed by atoms with Crippen molar-refractivity contribution in [2.24, 2.45) is 5.73 Å². The van der Waals surface area contributed by atoms with Gasteiger partial charge in [0.2, 0.25) is 5.91 Å². The van der Waals surface area contributed by atoms with Gasteiger partial charge in [0.05, 0.1) is 6.33 Å². The quantitative estimate of drug-likeness (QED) is 0.631. The third-order valence-corrected chi connectivity index (χ3v) is 4.94. The molecule has 0 aliphatic carbocycles. The first kappa shape index (κ1) is 18.7. The van der Waals surface area contributed by atoms with E-state index in [1.807, 2.05) is 37.3 Å². The second-order valence-electron chi connectivity index (χ2n) is 6.24. The van der Waals surface area contributed by atoms with Crippen LogP contribution in [0.3, 0.4) is 0 Å². The van der Waals surface area contributed by atoms with E-state index in [2.05, 4.69) is 14.7 Å². The van der Waals surface area contributed by atoms with E-state index in [0.717, 1.165) is 24.4 Å². The van der Waals surface area contributed by atoms with Gasteiger partial charge < -0.3 is 11.1 Å². The zero-order chi connectivity index (χ0) is 19.4. The standard InChI is InChI=1S/C18H19N5O3S/c1-11(7-8-12-5-3-2-4-6-12)21-13(24)9-23-10-20-14-15(17(19)25)22-27-16(14)18(23)26/h2-6,10-11H,7-9H2,1H3,(H2,19,25)(H,21,24). The predicted molar refractivity (Wildman–Crippen MR) is 103 cm³/mol. The first-order chi connectivity index (χ1) is 13.0. The minimum absolute atomic E-state index is 0.0294. The Kier molecular flexibility index (Phi) is 5.60. The number of rotatable bonds is 7. The number of hydrogen-bond donors (Lipinski definition) is 2. The molecule has 0 bridgehead atoms. The average molecular weight is 385 g/mol. The molecule has 0 aliphatic rings. The second kappa shape index (κ2) is 8.09. The minimum atomic E-state index is -0.740.